The van der Waals surface area contributed by atoms with Crippen molar-refractivity contribution in [2.24, 2.45) is 5.73 Å². The maximum absolute atomic E-state index is 6.30. The van der Waals surface area contributed by atoms with Crippen LogP contribution in [0.5, 0.6) is 11.5 Å². The topological polar surface area (TPSA) is 57.0 Å². The molecule has 5 nitrogen and oxygen atoms in total. The van der Waals surface area contributed by atoms with Gasteiger partial charge in [0.05, 0.1) is 31.9 Å². The molecule has 20 heavy (non-hydrogen) atoms. The average Bonchev–Trinajstić information content (AvgIpc) is 2.48. The molecule has 0 radical (unpaired) electrons. The second kappa shape index (κ2) is 5.99. The minimum Gasteiger partial charge on any atom is -0.494 e. The Morgan fingerprint density at radius 1 is 1.35 bits per heavy atom. The summed E-state index contributed by atoms with van der Waals surface area (Å²) in [6.07, 6.45) is 0. The Morgan fingerprint density at radius 3 is 2.90 bits per heavy atom. The number of hydrogen-bond donors (Lipinski definition) is 1. The van der Waals surface area contributed by atoms with E-state index in [1.54, 1.807) is 0 Å². The first kappa shape index (κ1) is 13.7. The van der Waals surface area contributed by atoms with Crippen molar-refractivity contribution in [3.63, 3.8) is 0 Å². The van der Waals surface area contributed by atoms with Gasteiger partial charge in [0.15, 0.2) is 0 Å². The lowest BCUT2D eigenvalue weighted by Gasteiger charge is -2.41. The van der Waals surface area contributed by atoms with E-state index < -0.39 is 0 Å². The first-order chi connectivity index (χ1) is 9.79. The maximum atomic E-state index is 6.30. The number of ether oxygens (including phenoxy) is 3. The Hall–Kier alpha value is -1.30. The minimum absolute atomic E-state index is 0.0162. The van der Waals surface area contributed by atoms with Crippen molar-refractivity contribution < 1.29 is 14.2 Å². The molecule has 1 saturated heterocycles. The maximum Gasteiger partial charge on any atom is 0.124 e. The molecule has 0 amide bonds. The number of hydrogen-bond acceptors (Lipinski definition) is 5. The lowest BCUT2D eigenvalue weighted by Crippen LogP contribution is -2.50. The largest absolute Gasteiger partial charge is 0.494 e. The minimum atomic E-state index is -0.0162. The number of rotatable bonds is 3. The van der Waals surface area contributed by atoms with Crippen molar-refractivity contribution in [1.82, 2.24) is 4.90 Å². The van der Waals surface area contributed by atoms with Crippen LogP contribution in [-0.2, 0) is 4.74 Å². The Kier molecular flexibility index (Phi) is 4.10. The average molecular weight is 278 g/mol. The molecule has 110 valence electrons. The molecule has 2 atom stereocenters. The summed E-state index contributed by atoms with van der Waals surface area (Å²) in [5.41, 5.74) is 7.44. The number of morpholine rings is 1. The van der Waals surface area contributed by atoms with Crippen molar-refractivity contribution in [2.75, 3.05) is 39.5 Å². The van der Waals surface area contributed by atoms with Crippen molar-refractivity contribution in [3.8, 4) is 11.5 Å². The van der Waals surface area contributed by atoms with Gasteiger partial charge in [-0.15, -0.1) is 0 Å². The molecule has 2 heterocycles. The first-order valence-electron chi connectivity index (χ1n) is 7.26. The van der Waals surface area contributed by atoms with Crippen LogP contribution in [-0.4, -0.2) is 50.5 Å². The fraction of sp³-hybridized carbons (Fsp3) is 0.600. The zero-order valence-corrected chi connectivity index (χ0v) is 11.9. The highest BCUT2D eigenvalue weighted by Gasteiger charge is 2.34. The summed E-state index contributed by atoms with van der Waals surface area (Å²) in [5, 5.41) is 0. The lowest BCUT2D eigenvalue weighted by atomic mass is 9.94. The molecule has 2 N–H and O–H groups in total. The summed E-state index contributed by atoms with van der Waals surface area (Å²) < 4.78 is 16.8. The summed E-state index contributed by atoms with van der Waals surface area (Å²) in [6, 6.07) is 6.17. The molecule has 2 aliphatic heterocycles. The van der Waals surface area contributed by atoms with Crippen LogP contribution < -0.4 is 15.2 Å². The Morgan fingerprint density at radius 2 is 2.15 bits per heavy atom. The Balaban J connectivity index is 1.91. The summed E-state index contributed by atoms with van der Waals surface area (Å²) in [6.45, 7) is 6.57. The van der Waals surface area contributed by atoms with Gasteiger partial charge in [0.2, 0.25) is 0 Å². The molecule has 0 bridgehead atoms. The van der Waals surface area contributed by atoms with Crippen LogP contribution in [0.2, 0.25) is 0 Å². The van der Waals surface area contributed by atoms with Crippen LogP contribution in [0.4, 0.5) is 0 Å². The number of nitrogens with zero attached hydrogens (tertiary/aromatic N) is 1. The van der Waals surface area contributed by atoms with Crippen molar-refractivity contribution in [3.05, 3.63) is 23.8 Å². The van der Waals surface area contributed by atoms with Gasteiger partial charge in [-0.3, -0.25) is 4.90 Å². The van der Waals surface area contributed by atoms with E-state index >= 15 is 0 Å². The van der Waals surface area contributed by atoms with E-state index in [1.807, 2.05) is 19.1 Å². The fourth-order valence-electron chi connectivity index (χ4n) is 2.98. The molecule has 1 fully saturated rings. The van der Waals surface area contributed by atoms with Gasteiger partial charge in [-0.1, -0.05) is 0 Å². The zero-order chi connectivity index (χ0) is 13.9. The number of benzene rings is 1. The summed E-state index contributed by atoms with van der Waals surface area (Å²) >= 11 is 0. The third-order valence-corrected chi connectivity index (χ3v) is 3.89. The van der Waals surface area contributed by atoms with Crippen LogP contribution in [0.15, 0.2) is 18.2 Å². The van der Waals surface area contributed by atoms with E-state index in [4.69, 9.17) is 19.9 Å². The summed E-state index contributed by atoms with van der Waals surface area (Å²) in [5.74, 6) is 1.80. The van der Waals surface area contributed by atoms with Gasteiger partial charge in [0.25, 0.3) is 0 Å². The van der Waals surface area contributed by atoms with Gasteiger partial charge in [-0.25, -0.2) is 0 Å². The predicted molar refractivity (Wildman–Crippen MR) is 76.2 cm³/mol. The summed E-state index contributed by atoms with van der Waals surface area (Å²) in [4.78, 5) is 2.39. The zero-order valence-electron chi connectivity index (χ0n) is 11.9. The second-order valence-electron chi connectivity index (χ2n) is 5.20. The molecule has 0 aromatic heterocycles. The van der Waals surface area contributed by atoms with E-state index in [0.29, 0.717) is 13.2 Å². The van der Waals surface area contributed by atoms with E-state index in [9.17, 15) is 0 Å². The smallest absolute Gasteiger partial charge is 0.124 e. The highest BCUT2D eigenvalue weighted by atomic mass is 16.5. The molecule has 3 rings (SSSR count). The van der Waals surface area contributed by atoms with Crippen LogP contribution in [0, 0.1) is 0 Å². The van der Waals surface area contributed by atoms with E-state index in [1.165, 1.54) is 0 Å². The van der Waals surface area contributed by atoms with E-state index in [0.717, 1.165) is 43.4 Å². The highest BCUT2D eigenvalue weighted by molar-refractivity contribution is 5.44. The van der Waals surface area contributed by atoms with Crippen molar-refractivity contribution in [1.29, 1.82) is 0 Å². The molecular weight excluding hydrogens is 256 g/mol. The number of nitrogens with two attached hydrogens (primary N) is 1. The first-order valence-corrected chi connectivity index (χ1v) is 7.26. The molecule has 2 unspecified atom stereocenters. The molecule has 1 aromatic rings. The van der Waals surface area contributed by atoms with E-state index in [2.05, 4.69) is 11.0 Å². The molecule has 2 aliphatic rings. The summed E-state index contributed by atoms with van der Waals surface area (Å²) in [7, 11) is 0. The van der Waals surface area contributed by atoms with Gasteiger partial charge in [0, 0.05) is 18.7 Å². The predicted octanol–water partition coefficient (Wildman–Crippen LogP) is 1.18. The quantitative estimate of drug-likeness (QED) is 0.899. The molecular formula is C15H22N2O3. The second-order valence-corrected chi connectivity index (χ2v) is 5.20. The monoisotopic (exact) mass is 278 g/mol. The van der Waals surface area contributed by atoms with Crippen molar-refractivity contribution in [2.45, 2.75) is 19.0 Å². The highest BCUT2D eigenvalue weighted by Crippen LogP contribution is 2.38. The molecule has 1 aromatic carbocycles. The van der Waals surface area contributed by atoms with Crippen LogP contribution in [0.3, 0.4) is 0 Å². The van der Waals surface area contributed by atoms with Gasteiger partial charge < -0.3 is 19.9 Å². The van der Waals surface area contributed by atoms with Crippen LogP contribution in [0.1, 0.15) is 18.5 Å². The Labute approximate surface area is 119 Å². The van der Waals surface area contributed by atoms with Crippen molar-refractivity contribution >= 4 is 0 Å². The SMILES string of the molecule is CCOc1ccc2c(c1)C(N1CCOCC1)C(N)CO2. The van der Waals surface area contributed by atoms with Crippen LogP contribution in [0.25, 0.3) is 0 Å². The molecule has 0 saturated carbocycles. The Bertz CT molecular complexity index is 460. The van der Waals surface area contributed by atoms with Crippen LogP contribution >= 0.6 is 0 Å². The van der Waals surface area contributed by atoms with Gasteiger partial charge in [-0.2, -0.15) is 0 Å². The van der Waals surface area contributed by atoms with Gasteiger partial charge >= 0.3 is 0 Å². The molecule has 0 aliphatic carbocycles. The fourth-order valence-corrected chi connectivity index (χ4v) is 2.98. The normalized spacial score (nSPS) is 26.7. The third-order valence-electron chi connectivity index (χ3n) is 3.89. The lowest BCUT2D eigenvalue weighted by molar-refractivity contribution is 0.00135. The van der Waals surface area contributed by atoms with Gasteiger partial charge in [0.1, 0.15) is 18.1 Å². The third kappa shape index (κ3) is 2.61. The number of fused-ring (bicyclic) bond motifs is 1. The standard InChI is InChI=1S/C15H22N2O3/c1-2-19-11-3-4-14-12(9-11)15(13(16)10-20-14)17-5-7-18-8-6-17/h3-4,9,13,15H,2,5-8,10,16H2,1H3. The molecule has 5 heteroatoms. The molecule has 0 spiro atoms. The van der Waals surface area contributed by atoms with E-state index in [-0.39, 0.29) is 12.1 Å². The van der Waals surface area contributed by atoms with Gasteiger partial charge in [-0.05, 0) is 25.1 Å².